The van der Waals surface area contributed by atoms with Gasteiger partial charge in [0.25, 0.3) is 0 Å². The van der Waals surface area contributed by atoms with Gasteiger partial charge in [-0.2, -0.15) is 5.10 Å². The summed E-state index contributed by atoms with van der Waals surface area (Å²) in [5.41, 5.74) is 2.96. The maximum atomic E-state index is 12.1. The molecular formula is C26H23N3O5S2. The lowest BCUT2D eigenvalue weighted by Gasteiger charge is -2.24. The molecule has 0 fully saturated rings. The van der Waals surface area contributed by atoms with Crippen molar-refractivity contribution in [2.24, 2.45) is 10.2 Å². The topological polar surface area (TPSA) is 115 Å². The van der Waals surface area contributed by atoms with Gasteiger partial charge in [-0.15, -0.1) is 11.8 Å². The molecule has 0 radical (unpaired) electrons. The van der Waals surface area contributed by atoms with Gasteiger partial charge >= 0.3 is 5.63 Å². The van der Waals surface area contributed by atoms with Crippen LogP contribution in [0.1, 0.15) is 23.6 Å². The third-order valence-corrected chi connectivity index (χ3v) is 7.77. The Morgan fingerprint density at radius 2 is 1.72 bits per heavy atom. The van der Waals surface area contributed by atoms with E-state index in [9.17, 15) is 13.2 Å². The SMILES string of the molecule is COc1ccc2ccc(=O)oc2c1C1=NN(c2ccc(S(N)(=O)=O)cc2)C(c2ccc(SC)cc2)C1. The van der Waals surface area contributed by atoms with E-state index in [2.05, 4.69) is 24.3 Å². The number of anilines is 1. The third kappa shape index (κ3) is 4.50. The zero-order valence-corrected chi connectivity index (χ0v) is 21.2. The Morgan fingerprint density at radius 1 is 1.03 bits per heavy atom. The van der Waals surface area contributed by atoms with Gasteiger partial charge in [0.15, 0.2) is 5.58 Å². The lowest BCUT2D eigenvalue weighted by atomic mass is 9.96. The number of primary sulfonamides is 1. The van der Waals surface area contributed by atoms with Crippen LogP contribution in [0.25, 0.3) is 11.0 Å². The third-order valence-electron chi connectivity index (χ3n) is 6.10. The van der Waals surface area contributed by atoms with Crippen LogP contribution in [0.2, 0.25) is 0 Å². The van der Waals surface area contributed by atoms with Gasteiger partial charge in [0.2, 0.25) is 10.0 Å². The molecule has 0 saturated carbocycles. The molecule has 5 rings (SSSR count). The van der Waals surface area contributed by atoms with Crippen LogP contribution in [0.4, 0.5) is 5.69 Å². The van der Waals surface area contributed by atoms with E-state index in [0.717, 1.165) is 15.8 Å². The van der Waals surface area contributed by atoms with Gasteiger partial charge in [0, 0.05) is 22.8 Å². The van der Waals surface area contributed by atoms with Gasteiger partial charge in [-0.3, -0.25) is 5.01 Å². The average Bonchev–Trinajstić information content (AvgIpc) is 3.32. The molecule has 1 aliphatic rings. The van der Waals surface area contributed by atoms with Crippen LogP contribution in [-0.4, -0.2) is 27.5 Å². The van der Waals surface area contributed by atoms with E-state index in [1.165, 1.54) is 18.2 Å². The zero-order chi connectivity index (χ0) is 25.4. The maximum Gasteiger partial charge on any atom is 0.336 e. The summed E-state index contributed by atoms with van der Waals surface area (Å²) in [6.07, 6.45) is 2.52. The van der Waals surface area contributed by atoms with E-state index < -0.39 is 15.6 Å². The van der Waals surface area contributed by atoms with Crippen molar-refractivity contribution in [3.8, 4) is 5.75 Å². The molecule has 0 spiro atoms. The summed E-state index contributed by atoms with van der Waals surface area (Å²) in [6.45, 7) is 0. The number of hydrogen-bond donors (Lipinski definition) is 1. The fraction of sp³-hybridized carbons (Fsp3) is 0.154. The Hall–Kier alpha value is -3.60. The van der Waals surface area contributed by atoms with Gasteiger partial charge in [-0.05, 0) is 66.4 Å². The largest absolute Gasteiger partial charge is 0.496 e. The molecule has 184 valence electrons. The second-order valence-electron chi connectivity index (χ2n) is 8.24. The summed E-state index contributed by atoms with van der Waals surface area (Å²) in [6, 6.07) is 21.1. The van der Waals surface area contributed by atoms with Gasteiger partial charge in [0.1, 0.15) is 5.75 Å². The number of benzene rings is 3. The van der Waals surface area contributed by atoms with Crippen molar-refractivity contribution in [3.05, 3.63) is 94.3 Å². The molecule has 1 aliphatic heterocycles. The van der Waals surface area contributed by atoms with E-state index in [1.54, 1.807) is 37.1 Å². The average molecular weight is 522 g/mol. The number of nitrogens with two attached hydrogens (primary N) is 1. The quantitative estimate of drug-likeness (QED) is 0.293. The van der Waals surface area contributed by atoms with Gasteiger partial charge in [-0.25, -0.2) is 18.4 Å². The molecule has 36 heavy (non-hydrogen) atoms. The minimum Gasteiger partial charge on any atom is -0.496 e. The first-order chi connectivity index (χ1) is 17.3. The normalized spacial score (nSPS) is 15.8. The van der Waals surface area contributed by atoms with Crippen LogP contribution in [0, 0.1) is 0 Å². The van der Waals surface area contributed by atoms with E-state index in [4.69, 9.17) is 19.4 Å². The lowest BCUT2D eigenvalue weighted by molar-refractivity contribution is 0.413. The van der Waals surface area contributed by atoms with Crippen LogP contribution in [0.15, 0.2) is 96.9 Å². The molecule has 0 saturated heterocycles. The van der Waals surface area contributed by atoms with Crippen LogP contribution in [-0.2, 0) is 10.0 Å². The van der Waals surface area contributed by atoms with Gasteiger partial charge < -0.3 is 9.15 Å². The van der Waals surface area contributed by atoms with Gasteiger partial charge in [-0.1, -0.05) is 12.1 Å². The molecule has 1 aromatic heterocycles. The molecular weight excluding hydrogens is 498 g/mol. The monoisotopic (exact) mass is 521 g/mol. The summed E-state index contributed by atoms with van der Waals surface area (Å²) >= 11 is 1.66. The minimum absolute atomic E-state index is 0.0213. The number of nitrogens with zero attached hydrogens (tertiary/aromatic N) is 2. The molecule has 8 nitrogen and oxygen atoms in total. The number of hydrazone groups is 1. The first-order valence-electron chi connectivity index (χ1n) is 11.0. The summed E-state index contributed by atoms with van der Waals surface area (Å²) in [5.74, 6) is 0.540. The number of rotatable bonds is 6. The van der Waals surface area contributed by atoms with E-state index in [0.29, 0.717) is 34.7 Å². The minimum atomic E-state index is -3.82. The van der Waals surface area contributed by atoms with Crippen molar-refractivity contribution in [2.45, 2.75) is 22.3 Å². The van der Waals surface area contributed by atoms with Crippen molar-refractivity contribution < 1.29 is 17.6 Å². The summed E-state index contributed by atoms with van der Waals surface area (Å²) in [4.78, 5) is 13.2. The highest BCUT2D eigenvalue weighted by atomic mass is 32.2. The molecule has 0 bridgehead atoms. The fourth-order valence-electron chi connectivity index (χ4n) is 4.33. The number of thioether (sulfide) groups is 1. The molecule has 2 heterocycles. The van der Waals surface area contributed by atoms with Gasteiger partial charge in [0.05, 0.1) is 35.0 Å². The molecule has 0 aliphatic carbocycles. The molecule has 1 atom stereocenters. The Labute approximate surface area is 212 Å². The van der Waals surface area contributed by atoms with E-state index >= 15 is 0 Å². The standard InChI is InChI=1S/C26H23N3O5S2/c1-33-23-13-5-17-6-14-24(30)34-26(17)25(23)21-15-22(16-3-9-19(35-2)10-4-16)29(28-21)18-7-11-20(12-8-18)36(27,31)32/h3-14,22H,15H2,1-2H3,(H2,27,31,32). The summed E-state index contributed by atoms with van der Waals surface area (Å²) in [7, 11) is -2.26. The summed E-state index contributed by atoms with van der Waals surface area (Å²) in [5, 5.41) is 12.8. The van der Waals surface area contributed by atoms with Crippen molar-refractivity contribution >= 4 is 44.2 Å². The Bertz CT molecular complexity index is 1630. The number of hydrogen-bond acceptors (Lipinski definition) is 8. The molecule has 3 aromatic carbocycles. The van der Waals surface area contributed by atoms with Crippen molar-refractivity contribution in [1.29, 1.82) is 0 Å². The first-order valence-corrected chi connectivity index (χ1v) is 13.8. The lowest BCUT2D eigenvalue weighted by Crippen LogP contribution is -2.19. The Balaban J connectivity index is 1.66. The number of fused-ring (bicyclic) bond motifs is 1. The van der Waals surface area contributed by atoms with Crippen LogP contribution >= 0.6 is 11.8 Å². The van der Waals surface area contributed by atoms with Crippen LogP contribution < -0.4 is 20.5 Å². The molecule has 4 aromatic rings. The van der Waals surface area contributed by atoms with Crippen molar-refractivity contribution in [3.63, 3.8) is 0 Å². The number of sulfonamides is 1. The van der Waals surface area contributed by atoms with E-state index in [-0.39, 0.29) is 10.9 Å². The van der Waals surface area contributed by atoms with Crippen LogP contribution in [0.3, 0.4) is 0 Å². The van der Waals surface area contributed by atoms with E-state index in [1.807, 2.05) is 23.4 Å². The highest BCUT2D eigenvalue weighted by Gasteiger charge is 2.33. The number of methoxy groups -OCH3 is 1. The predicted molar refractivity (Wildman–Crippen MR) is 141 cm³/mol. The highest BCUT2D eigenvalue weighted by molar-refractivity contribution is 7.98. The highest BCUT2D eigenvalue weighted by Crippen LogP contribution is 2.40. The van der Waals surface area contributed by atoms with Crippen molar-refractivity contribution in [1.82, 2.24) is 0 Å². The molecule has 10 heteroatoms. The number of ether oxygens (including phenoxy) is 1. The fourth-order valence-corrected chi connectivity index (χ4v) is 5.25. The maximum absolute atomic E-state index is 12.1. The molecule has 1 unspecified atom stereocenters. The first kappa shape index (κ1) is 24.1. The predicted octanol–water partition coefficient (Wildman–Crippen LogP) is 4.53. The Morgan fingerprint density at radius 3 is 2.36 bits per heavy atom. The second-order valence-corrected chi connectivity index (χ2v) is 10.7. The van der Waals surface area contributed by atoms with Crippen molar-refractivity contribution in [2.75, 3.05) is 18.4 Å². The zero-order valence-electron chi connectivity index (χ0n) is 19.5. The molecule has 2 N–H and O–H groups in total. The van der Waals surface area contributed by atoms with Crippen LogP contribution in [0.5, 0.6) is 5.75 Å². The second kappa shape index (κ2) is 9.45. The smallest absolute Gasteiger partial charge is 0.336 e. The Kier molecular flexibility index (Phi) is 6.33. The molecule has 0 amide bonds. The summed E-state index contributed by atoms with van der Waals surface area (Å²) < 4.78 is 34.7.